The van der Waals surface area contributed by atoms with E-state index in [1.165, 1.54) is 23.8 Å². The van der Waals surface area contributed by atoms with Crippen molar-refractivity contribution in [1.29, 1.82) is 0 Å². The van der Waals surface area contributed by atoms with Gasteiger partial charge in [0.05, 0.1) is 37.1 Å². The Morgan fingerprint density at radius 1 is 1.32 bits per heavy atom. The van der Waals surface area contributed by atoms with E-state index in [1.54, 1.807) is 26.4 Å². The molecule has 0 aromatic heterocycles. The molecule has 1 aromatic carbocycles. The van der Waals surface area contributed by atoms with E-state index in [2.05, 4.69) is 20.7 Å². The van der Waals surface area contributed by atoms with Crippen LogP contribution >= 0.6 is 39.9 Å². The smallest absolute Gasteiger partial charge is 0.307 e. The molecule has 1 aliphatic heterocycles. The third-order valence-corrected chi connectivity index (χ3v) is 5.36. The maximum absolute atomic E-state index is 12.5. The van der Waals surface area contributed by atoms with Crippen LogP contribution in [0, 0.1) is 0 Å². The van der Waals surface area contributed by atoms with Gasteiger partial charge in [-0.15, -0.1) is 0 Å². The summed E-state index contributed by atoms with van der Waals surface area (Å²) in [7, 11) is 4.40. The number of carbonyl (C=O) groups is 2. The summed E-state index contributed by atoms with van der Waals surface area (Å²) in [6.07, 6.45) is 1.82. The number of methoxy groups -OCH3 is 3. The fraction of sp³-hybridized carbons (Fsp3) is 0.312. The number of thioether (sulfide) groups is 1. The van der Waals surface area contributed by atoms with Crippen molar-refractivity contribution >= 4 is 62.2 Å². The molecule has 134 valence electrons. The third kappa shape index (κ3) is 4.53. The summed E-state index contributed by atoms with van der Waals surface area (Å²) in [5, 5.41) is 0. The average Bonchev–Trinajstić information content (AvgIpc) is 2.85. The first kappa shape index (κ1) is 19.7. The number of rotatable bonds is 6. The second kappa shape index (κ2) is 8.68. The van der Waals surface area contributed by atoms with Crippen molar-refractivity contribution in [1.82, 2.24) is 4.90 Å². The maximum atomic E-state index is 12.5. The Kier molecular flexibility index (Phi) is 6.86. The van der Waals surface area contributed by atoms with Crippen LogP contribution in [0.5, 0.6) is 11.5 Å². The summed E-state index contributed by atoms with van der Waals surface area (Å²) >= 11 is 9.85. The number of nitrogens with zero attached hydrogens (tertiary/aromatic N) is 1. The Hall–Kier alpha value is -1.58. The number of carbonyl (C=O) groups excluding carboxylic acids is 2. The Labute approximate surface area is 163 Å². The van der Waals surface area contributed by atoms with Gasteiger partial charge in [0.15, 0.2) is 11.5 Å². The number of amides is 1. The van der Waals surface area contributed by atoms with E-state index in [1.807, 2.05) is 6.07 Å². The van der Waals surface area contributed by atoms with E-state index in [0.717, 1.165) is 5.56 Å². The molecule has 1 amide bonds. The van der Waals surface area contributed by atoms with Gasteiger partial charge in [-0.25, -0.2) is 0 Å². The summed E-state index contributed by atoms with van der Waals surface area (Å²) in [5.41, 5.74) is 0.762. The highest BCUT2D eigenvalue weighted by Gasteiger charge is 2.32. The number of benzene rings is 1. The van der Waals surface area contributed by atoms with Crippen LogP contribution in [0.25, 0.3) is 6.08 Å². The van der Waals surface area contributed by atoms with Crippen molar-refractivity contribution in [3.05, 3.63) is 27.1 Å². The highest BCUT2D eigenvalue weighted by atomic mass is 79.9. The molecule has 0 N–H and O–H groups in total. The maximum Gasteiger partial charge on any atom is 0.307 e. The molecule has 0 bridgehead atoms. The lowest BCUT2D eigenvalue weighted by molar-refractivity contribution is -0.140. The zero-order valence-electron chi connectivity index (χ0n) is 13.8. The van der Waals surface area contributed by atoms with Crippen LogP contribution in [-0.2, 0) is 14.3 Å². The fourth-order valence-corrected chi connectivity index (χ4v) is 4.10. The van der Waals surface area contributed by atoms with E-state index in [-0.39, 0.29) is 24.8 Å². The van der Waals surface area contributed by atoms with Gasteiger partial charge in [-0.2, -0.15) is 0 Å². The Morgan fingerprint density at radius 2 is 2.04 bits per heavy atom. The van der Waals surface area contributed by atoms with E-state index < -0.39 is 0 Å². The molecule has 2 rings (SSSR count). The molecule has 6 nitrogen and oxygen atoms in total. The molecule has 0 unspecified atom stereocenters. The van der Waals surface area contributed by atoms with Crippen molar-refractivity contribution in [2.75, 3.05) is 27.9 Å². The van der Waals surface area contributed by atoms with Gasteiger partial charge >= 0.3 is 5.97 Å². The van der Waals surface area contributed by atoms with Gasteiger partial charge in [-0.05, 0) is 39.7 Å². The SMILES string of the molecule is COC(=O)CCN1C(=O)/C(=C/c2cc(Br)c(OC)c(OC)c2)SC1=S. The lowest BCUT2D eigenvalue weighted by Crippen LogP contribution is -2.30. The fourth-order valence-electron chi connectivity index (χ4n) is 2.17. The number of thiocarbonyl (C=S) groups is 1. The van der Waals surface area contributed by atoms with Crippen LogP contribution < -0.4 is 9.47 Å². The summed E-state index contributed by atoms with van der Waals surface area (Å²) in [6.45, 7) is 0.199. The number of hydrogen-bond donors (Lipinski definition) is 0. The van der Waals surface area contributed by atoms with Crippen molar-refractivity contribution < 1.29 is 23.8 Å². The standard InChI is InChI=1S/C16H16BrNO5S2/c1-21-11-7-9(6-10(17)14(11)23-3)8-12-15(20)18(16(24)25-12)5-4-13(19)22-2/h6-8H,4-5H2,1-3H3/b12-8-. The molecule has 1 aromatic rings. The zero-order chi connectivity index (χ0) is 18.6. The molecular weight excluding hydrogens is 430 g/mol. The van der Waals surface area contributed by atoms with Crippen LogP contribution in [0.1, 0.15) is 12.0 Å². The zero-order valence-corrected chi connectivity index (χ0v) is 17.0. The van der Waals surface area contributed by atoms with Crippen molar-refractivity contribution in [3.8, 4) is 11.5 Å². The highest BCUT2D eigenvalue weighted by molar-refractivity contribution is 9.10. The van der Waals surface area contributed by atoms with Gasteiger partial charge < -0.3 is 14.2 Å². The molecule has 1 heterocycles. The molecule has 1 fully saturated rings. The van der Waals surface area contributed by atoms with Crippen LogP contribution in [0.4, 0.5) is 0 Å². The minimum atomic E-state index is -0.387. The number of ether oxygens (including phenoxy) is 3. The largest absolute Gasteiger partial charge is 0.493 e. The van der Waals surface area contributed by atoms with Gasteiger partial charge in [0.1, 0.15) is 4.32 Å². The lowest BCUT2D eigenvalue weighted by Gasteiger charge is -2.13. The van der Waals surface area contributed by atoms with Gasteiger partial charge in [-0.1, -0.05) is 24.0 Å². The normalized spacial score (nSPS) is 15.7. The number of esters is 1. The highest BCUT2D eigenvalue weighted by Crippen LogP contribution is 2.38. The molecule has 1 saturated heterocycles. The van der Waals surface area contributed by atoms with E-state index >= 15 is 0 Å². The summed E-state index contributed by atoms with van der Waals surface area (Å²) in [6, 6.07) is 3.59. The van der Waals surface area contributed by atoms with E-state index in [9.17, 15) is 9.59 Å². The Balaban J connectivity index is 2.24. The third-order valence-electron chi connectivity index (χ3n) is 3.39. The molecule has 0 spiro atoms. The minimum absolute atomic E-state index is 0.0954. The van der Waals surface area contributed by atoms with Crippen LogP contribution in [0.2, 0.25) is 0 Å². The number of halogens is 1. The van der Waals surface area contributed by atoms with E-state index in [4.69, 9.17) is 21.7 Å². The Bertz CT molecular complexity index is 750. The topological polar surface area (TPSA) is 65.1 Å². The van der Waals surface area contributed by atoms with Gasteiger partial charge in [-0.3, -0.25) is 14.5 Å². The Morgan fingerprint density at radius 3 is 2.64 bits per heavy atom. The number of hydrogen-bond acceptors (Lipinski definition) is 7. The first-order chi connectivity index (χ1) is 11.9. The lowest BCUT2D eigenvalue weighted by atomic mass is 10.2. The van der Waals surface area contributed by atoms with Gasteiger partial charge in [0.2, 0.25) is 0 Å². The molecule has 0 atom stereocenters. The first-order valence-corrected chi connectivity index (χ1v) is 9.16. The molecule has 25 heavy (non-hydrogen) atoms. The van der Waals surface area contributed by atoms with Crippen molar-refractivity contribution in [2.24, 2.45) is 0 Å². The second-order valence-electron chi connectivity index (χ2n) is 4.90. The van der Waals surface area contributed by atoms with Crippen molar-refractivity contribution in [3.63, 3.8) is 0 Å². The van der Waals surface area contributed by atoms with Crippen LogP contribution in [0.3, 0.4) is 0 Å². The average molecular weight is 446 g/mol. The van der Waals surface area contributed by atoms with E-state index in [0.29, 0.717) is 25.2 Å². The molecular formula is C16H16BrNO5S2. The molecule has 9 heteroatoms. The second-order valence-corrected chi connectivity index (χ2v) is 7.43. The van der Waals surface area contributed by atoms with Crippen LogP contribution in [0.15, 0.2) is 21.5 Å². The summed E-state index contributed by atoms with van der Waals surface area (Å²) in [4.78, 5) is 25.7. The summed E-state index contributed by atoms with van der Waals surface area (Å²) < 4.78 is 16.3. The first-order valence-electron chi connectivity index (χ1n) is 7.15. The molecule has 0 aliphatic carbocycles. The van der Waals surface area contributed by atoms with Gasteiger partial charge in [0, 0.05) is 6.54 Å². The monoisotopic (exact) mass is 445 g/mol. The molecule has 1 aliphatic rings. The molecule has 0 radical (unpaired) electrons. The van der Waals surface area contributed by atoms with Crippen molar-refractivity contribution in [2.45, 2.75) is 6.42 Å². The van der Waals surface area contributed by atoms with Gasteiger partial charge in [0.25, 0.3) is 5.91 Å². The predicted octanol–water partition coefficient (Wildman–Crippen LogP) is 3.23. The minimum Gasteiger partial charge on any atom is -0.493 e. The quantitative estimate of drug-likeness (QED) is 0.378. The molecule has 0 saturated carbocycles. The van der Waals surface area contributed by atoms with Crippen LogP contribution in [-0.4, -0.2) is 49.0 Å². The predicted molar refractivity (Wildman–Crippen MR) is 104 cm³/mol. The summed E-state index contributed by atoms with van der Waals surface area (Å²) in [5.74, 6) is 0.501.